The molecule has 5 N–H and O–H groups in total. The van der Waals surface area contributed by atoms with Crippen LogP contribution in [0.3, 0.4) is 0 Å². The molecule has 1 aliphatic rings. The molecule has 2 amide bonds. The van der Waals surface area contributed by atoms with E-state index in [1.165, 1.54) is 0 Å². The van der Waals surface area contributed by atoms with Crippen LogP contribution in [0, 0.1) is 12.3 Å². The molecule has 0 fully saturated rings. The van der Waals surface area contributed by atoms with Gasteiger partial charge in [0.25, 0.3) is 5.91 Å². The molecule has 1 aromatic heterocycles. The van der Waals surface area contributed by atoms with Crippen LogP contribution in [0.1, 0.15) is 58.1 Å². The molecule has 0 saturated carbocycles. The van der Waals surface area contributed by atoms with Gasteiger partial charge in [-0.1, -0.05) is 32.0 Å². The van der Waals surface area contributed by atoms with Crippen LogP contribution < -0.4 is 22.0 Å². The number of nitrogens with two attached hydrogens (primary N) is 1. The predicted octanol–water partition coefficient (Wildman–Crippen LogP) is 2.17. The molecule has 0 radical (unpaired) electrons. The monoisotopic (exact) mass is 413 g/mol. The largest absolute Gasteiger partial charge is 0.455 e. The van der Waals surface area contributed by atoms with Crippen molar-refractivity contribution in [1.29, 1.82) is 0 Å². The van der Waals surface area contributed by atoms with Gasteiger partial charge in [0.05, 0.1) is 5.71 Å². The van der Waals surface area contributed by atoms with Gasteiger partial charge >= 0.3 is 5.91 Å². The third kappa shape index (κ3) is 4.62. The average molecular weight is 414 g/mol. The highest BCUT2D eigenvalue weighted by atomic mass is 32.1. The van der Waals surface area contributed by atoms with Crippen LogP contribution in [-0.2, 0) is 6.42 Å². The van der Waals surface area contributed by atoms with Gasteiger partial charge in [-0.15, -0.1) is 0 Å². The van der Waals surface area contributed by atoms with Crippen molar-refractivity contribution < 1.29 is 14.0 Å². The Kier molecular flexibility index (Phi) is 5.69. The molecule has 9 heteroatoms. The highest BCUT2D eigenvalue weighted by Crippen LogP contribution is 2.38. The molecule has 8 nitrogen and oxygen atoms in total. The summed E-state index contributed by atoms with van der Waals surface area (Å²) in [5.41, 5.74) is 15.4. The summed E-state index contributed by atoms with van der Waals surface area (Å²) in [5, 5.41) is 4.37. The first-order valence-electron chi connectivity index (χ1n) is 9.08. The van der Waals surface area contributed by atoms with E-state index in [0.717, 1.165) is 11.3 Å². The standard InChI is InChI=1S/C20H23N5O3S/c1-11-15-13(22-25-19(21)29)9-20(2,3)10-14(15)28-16(11)18(27)24-23-17(26)12-7-5-4-6-8-12/h4-8H,9-10H2,1-3H3,(H,23,26)(H,24,27)(H3,21,25,29)/b22-13-. The average Bonchev–Trinajstić information content (AvgIpc) is 2.99. The molecular formula is C20H23N5O3S. The highest BCUT2D eigenvalue weighted by molar-refractivity contribution is 7.80. The number of hydrogen-bond acceptors (Lipinski definition) is 5. The SMILES string of the molecule is Cc1c(C(=O)NNC(=O)c2ccccc2)oc2c1/C(=N\NC(N)=S)CC(C)(C)C2. The fourth-order valence-electron chi connectivity index (χ4n) is 3.38. The lowest BCUT2D eigenvalue weighted by atomic mass is 9.75. The van der Waals surface area contributed by atoms with Crippen LogP contribution in [0.5, 0.6) is 0 Å². The zero-order valence-electron chi connectivity index (χ0n) is 16.5. The number of rotatable bonds is 3. The molecule has 2 aromatic rings. The van der Waals surface area contributed by atoms with Crippen molar-refractivity contribution in [2.24, 2.45) is 16.3 Å². The fraction of sp³-hybridized carbons (Fsp3) is 0.300. The Morgan fingerprint density at radius 2 is 1.79 bits per heavy atom. The molecule has 0 spiro atoms. The number of fused-ring (bicyclic) bond motifs is 1. The second-order valence-corrected chi connectivity index (χ2v) is 8.12. The summed E-state index contributed by atoms with van der Waals surface area (Å²) in [4.78, 5) is 24.8. The van der Waals surface area contributed by atoms with E-state index in [1.54, 1.807) is 37.3 Å². The highest BCUT2D eigenvalue weighted by Gasteiger charge is 2.36. The zero-order chi connectivity index (χ0) is 21.2. The van der Waals surface area contributed by atoms with Crippen molar-refractivity contribution >= 4 is 34.9 Å². The molecule has 3 rings (SSSR count). The molecule has 0 unspecified atom stereocenters. The van der Waals surface area contributed by atoms with Crippen molar-refractivity contribution in [1.82, 2.24) is 16.3 Å². The van der Waals surface area contributed by atoms with E-state index in [4.69, 9.17) is 22.4 Å². The number of hydrazine groups is 1. The van der Waals surface area contributed by atoms with E-state index < -0.39 is 11.8 Å². The number of nitrogens with zero attached hydrogens (tertiary/aromatic N) is 1. The van der Waals surface area contributed by atoms with Crippen molar-refractivity contribution in [3.05, 3.63) is 58.5 Å². The number of benzene rings is 1. The van der Waals surface area contributed by atoms with Crippen LogP contribution in [0.4, 0.5) is 0 Å². The number of carbonyl (C=O) groups is 2. The summed E-state index contributed by atoms with van der Waals surface area (Å²) in [7, 11) is 0. The van der Waals surface area contributed by atoms with Gasteiger partial charge in [0.15, 0.2) is 10.9 Å². The van der Waals surface area contributed by atoms with E-state index in [1.807, 2.05) is 0 Å². The molecule has 29 heavy (non-hydrogen) atoms. The first kappa shape index (κ1) is 20.5. The summed E-state index contributed by atoms with van der Waals surface area (Å²) >= 11 is 4.83. The molecule has 1 aromatic carbocycles. The van der Waals surface area contributed by atoms with Crippen LogP contribution >= 0.6 is 12.2 Å². The van der Waals surface area contributed by atoms with Gasteiger partial charge in [-0.25, -0.2) is 0 Å². The third-order valence-electron chi connectivity index (χ3n) is 4.63. The second kappa shape index (κ2) is 8.04. The van der Waals surface area contributed by atoms with E-state index in [-0.39, 0.29) is 16.3 Å². The summed E-state index contributed by atoms with van der Waals surface area (Å²) in [6.07, 6.45) is 1.32. The summed E-state index contributed by atoms with van der Waals surface area (Å²) in [5.74, 6) is -0.163. The Morgan fingerprint density at radius 1 is 1.14 bits per heavy atom. The number of hydrogen-bond donors (Lipinski definition) is 4. The maximum atomic E-state index is 12.6. The van der Waals surface area contributed by atoms with Gasteiger partial charge < -0.3 is 10.2 Å². The molecular weight excluding hydrogens is 390 g/mol. The van der Waals surface area contributed by atoms with Gasteiger partial charge in [-0.05, 0) is 43.1 Å². The topological polar surface area (TPSA) is 122 Å². The molecule has 0 saturated heterocycles. The normalized spacial score (nSPS) is 16.0. The van der Waals surface area contributed by atoms with Crippen molar-refractivity contribution in [2.45, 2.75) is 33.6 Å². The Morgan fingerprint density at radius 3 is 2.45 bits per heavy atom. The van der Waals surface area contributed by atoms with Crippen LogP contribution in [-0.4, -0.2) is 22.6 Å². The van der Waals surface area contributed by atoms with Gasteiger partial charge in [0.2, 0.25) is 0 Å². The lowest BCUT2D eigenvalue weighted by Crippen LogP contribution is -2.41. The second-order valence-electron chi connectivity index (χ2n) is 7.68. The molecule has 1 aliphatic carbocycles. The molecule has 0 atom stereocenters. The maximum absolute atomic E-state index is 12.6. The first-order chi connectivity index (χ1) is 13.7. The van der Waals surface area contributed by atoms with Crippen molar-refractivity contribution in [2.75, 3.05) is 0 Å². The Balaban J connectivity index is 1.83. The minimum absolute atomic E-state index is 0.0603. The predicted molar refractivity (Wildman–Crippen MR) is 113 cm³/mol. The molecule has 0 aliphatic heterocycles. The molecule has 0 bridgehead atoms. The third-order valence-corrected chi connectivity index (χ3v) is 4.72. The van der Waals surface area contributed by atoms with Gasteiger partial charge in [-0.3, -0.25) is 25.9 Å². The van der Waals surface area contributed by atoms with E-state index >= 15 is 0 Å². The van der Waals surface area contributed by atoms with Crippen LogP contribution in [0.2, 0.25) is 0 Å². The number of thiocarbonyl (C=S) groups is 1. The van der Waals surface area contributed by atoms with E-state index in [9.17, 15) is 9.59 Å². The first-order valence-corrected chi connectivity index (χ1v) is 9.49. The number of hydrazone groups is 1. The number of carbonyl (C=O) groups excluding carboxylic acids is 2. The minimum atomic E-state index is -0.541. The Hall–Kier alpha value is -3.20. The lowest BCUT2D eigenvalue weighted by molar-refractivity contribution is 0.0828. The molecule has 1 heterocycles. The van der Waals surface area contributed by atoms with Crippen molar-refractivity contribution in [3.8, 4) is 0 Å². The summed E-state index contributed by atoms with van der Waals surface area (Å²) in [6, 6.07) is 8.59. The minimum Gasteiger partial charge on any atom is -0.455 e. The van der Waals surface area contributed by atoms with Crippen LogP contribution in [0.15, 0.2) is 39.9 Å². The van der Waals surface area contributed by atoms with Gasteiger partial charge in [0.1, 0.15) is 5.76 Å². The lowest BCUT2D eigenvalue weighted by Gasteiger charge is -2.29. The molecule has 152 valence electrons. The van der Waals surface area contributed by atoms with E-state index in [0.29, 0.717) is 29.7 Å². The van der Waals surface area contributed by atoms with Gasteiger partial charge in [0, 0.05) is 23.1 Å². The summed E-state index contributed by atoms with van der Waals surface area (Å²) in [6.45, 7) is 5.96. The Labute approximate surface area is 173 Å². The Bertz CT molecular complexity index is 995. The number of furan rings is 1. The number of amides is 2. The smallest absolute Gasteiger partial charge is 0.305 e. The summed E-state index contributed by atoms with van der Waals surface area (Å²) < 4.78 is 5.87. The van der Waals surface area contributed by atoms with Crippen LogP contribution in [0.25, 0.3) is 0 Å². The number of nitrogens with one attached hydrogen (secondary N) is 3. The van der Waals surface area contributed by atoms with Gasteiger partial charge in [-0.2, -0.15) is 5.10 Å². The zero-order valence-corrected chi connectivity index (χ0v) is 17.3. The quantitative estimate of drug-likeness (QED) is 0.452. The fourth-order valence-corrected chi connectivity index (χ4v) is 3.43. The van der Waals surface area contributed by atoms with Crippen molar-refractivity contribution in [3.63, 3.8) is 0 Å². The maximum Gasteiger partial charge on any atom is 0.305 e. The van der Waals surface area contributed by atoms with E-state index in [2.05, 4.69) is 35.2 Å².